The highest BCUT2D eigenvalue weighted by Gasteiger charge is 2.32. The number of ketones is 1. The molecule has 0 bridgehead atoms. The Morgan fingerprint density at radius 1 is 1.18 bits per heavy atom. The van der Waals surface area contributed by atoms with Crippen molar-refractivity contribution in [2.45, 2.75) is 25.2 Å². The molecule has 0 radical (unpaired) electrons. The summed E-state index contributed by atoms with van der Waals surface area (Å²) in [6.45, 7) is 0.594. The van der Waals surface area contributed by atoms with Crippen molar-refractivity contribution in [2.24, 2.45) is 0 Å². The van der Waals surface area contributed by atoms with Crippen molar-refractivity contribution in [3.8, 4) is 11.5 Å². The highest BCUT2D eigenvalue weighted by Crippen LogP contribution is 2.34. The molecule has 1 saturated heterocycles. The van der Waals surface area contributed by atoms with Crippen LogP contribution >= 0.6 is 0 Å². The second-order valence-electron chi connectivity index (χ2n) is 6.61. The van der Waals surface area contributed by atoms with Gasteiger partial charge in [-0.25, -0.2) is 4.39 Å². The summed E-state index contributed by atoms with van der Waals surface area (Å²) < 4.78 is 29.1. The molecule has 2 N–H and O–H groups in total. The molecule has 8 heteroatoms. The maximum Gasteiger partial charge on any atom is 0.241 e. The number of carbonyl (C=O) groups excluding carboxylic acids is 2. The van der Waals surface area contributed by atoms with Crippen molar-refractivity contribution < 1.29 is 28.2 Å². The summed E-state index contributed by atoms with van der Waals surface area (Å²) in [7, 11) is 0. The molecule has 2 aliphatic heterocycles. The second-order valence-corrected chi connectivity index (χ2v) is 6.61. The Morgan fingerprint density at radius 3 is 2.75 bits per heavy atom. The van der Waals surface area contributed by atoms with Crippen LogP contribution in [0.3, 0.4) is 0 Å². The molecule has 2 atom stereocenters. The van der Waals surface area contributed by atoms with E-state index in [1.165, 1.54) is 12.1 Å². The quantitative estimate of drug-likeness (QED) is 0.818. The SMILES string of the molecule is O=C(Nc1ccc2c(c1)OCO2)C1CC(=O)C(OCc2ccc(F)cc2)CN1. The van der Waals surface area contributed by atoms with Crippen LogP contribution in [-0.4, -0.2) is 37.2 Å². The van der Waals surface area contributed by atoms with Crippen LogP contribution < -0.4 is 20.1 Å². The zero-order valence-electron chi connectivity index (χ0n) is 14.9. The van der Waals surface area contributed by atoms with Gasteiger partial charge in [-0.15, -0.1) is 0 Å². The van der Waals surface area contributed by atoms with E-state index in [0.29, 0.717) is 17.2 Å². The van der Waals surface area contributed by atoms with E-state index in [4.69, 9.17) is 14.2 Å². The Balaban J connectivity index is 1.29. The van der Waals surface area contributed by atoms with Crippen molar-refractivity contribution in [2.75, 3.05) is 18.7 Å². The molecule has 1 amide bonds. The van der Waals surface area contributed by atoms with Crippen molar-refractivity contribution in [3.05, 3.63) is 53.8 Å². The lowest BCUT2D eigenvalue weighted by molar-refractivity contribution is -0.137. The molecule has 7 nitrogen and oxygen atoms in total. The molecule has 0 spiro atoms. The lowest BCUT2D eigenvalue weighted by Crippen LogP contribution is -2.53. The number of carbonyl (C=O) groups is 2. The standard InChI is InChI=1S/C20H19FN2O5/c21-13-3-1-12(2-4-13)10-26-19-9-22-15(8-16(19)24)20(25)23-14-5-6-17-18(7-14)28-11-27-17/h1-7,15,19,22H,8-11H2,(H,23,25). The zero-order chi connectivity index (χ0) is 19.5. The fraction of sp³-hybridized carbons (Fsp3) is 0.300. The summed E-state index contributed by atoms with van der Waals surface area (Å²) in [5.41, 5.74) is 1.34. The first-order valence-electron chi connectivity index (χ1n) is 8.91. The van der Waals surface area contributed by atoms with Crippen LogP contribution in [-0.2, 0) is 20.9 Å². The largest absolute Gasteiger partial charge is 0.454 e. The molecule has 146 valence electrons. The molecule has 0 saturated carbocycles. The third kappa shape index (κ3) is 4.13. The number of fused-ring (bicyclic) bond motifs is 1. The lowest BCUT2D eigenvalue weighted by Gasteiger charge is -2.28. The van der Waals surface area contributed by atoms with E-state index in [9.17, 15) is 14.0 Å². The van der Waals surface area contributed by atoms with Crippen LogP contribution in [0.1, 0.15) is 12.0 Å². The number of amides is 1. The van der Waals surface area contributed by atoms with Gasteiger partial charge in [-0.05, 0) is 29.8 Å². The van der Waals surface area contributed by atoms with Gasteiger partial charge in [-0.3, -0.25) is 9.59 Å². The molecule has 2 heterocycles. The predicted molar refractivity (Wildman–Crippen MR) is 97.6 cm³/mol. The highest BCUT2D eigenvalue weighted by atomic mass is 19.1. The minimum atomic E-state index is -0.639. The Morgan fingerprint density at radius 2 is 1.96 bits per heavy atom. The summed E-state index contributed by atoms with van der Waals surface area (Å²) in [6.07, 6.45) is -0.607. The smallest absolute Gasteiger partial charge is 0.241 e. The van der Waals surface area contributed by atoms with Gasteiger partial charge in [0.1, 0.15) is 11.9 Å². The maximum atomic E-state index is 12.9. The Hall–Kier alpha value is -2.97. The first-order valence-corrected chi connectivity index (χ1v) is 8.91. The number of nitrogens with one attached hydrogen (secondary N) is 2. The van der Waals surface area contributed by atoms with Crippen LogP contribution in [0.5, 0.6) is 11.5 Å². The van der Waals surface area contributed by atoms with Crippen molar-refractivity contribution in [1.82, 2.24) is 5.32 Å². The van der Waals surface area contributed by atoms with E-state index in [-0.39, 0.29) is 43.9 Å². The highest BCUT2D eigenvalue weighted by molar-refractivity contribution is 5.99. The van der Waals surface area contributed by atoms with Gasteiger partial charge in [0, 0.05) is 24.7 Å². The molecule has 2 aliphatic rings. The molecule has 0 aliphatic carbocycles. The third-order valence-corrected chi connectivity index (χ3v) is 4.64. The van der Waals surface area contributed by atoms with Crippen LogP contribution in [0.4, 0.5) is 10.1 Å². The first-order chi connectivity index (χ1) is 13.6. The average Bonchev–Trinajstić information content (AvgIpc) is 3.16. The number of piperidine rings is 1. The van der Waals surface area contributed by atoms with Gasteiger partial charge < -0.3 is 24.8 Å². The third-order valence-electron chi connectivity index (χ3n) is 4.64. The van der Waals surface area contributed by atoms with Gasteiger partial charge in [-0.2, -0.15) is 0 Å². The molecule has 2 unspecified atom stereocenters. The van der Waals surface area contributed by atoms with Gasteiger partial charge in [-0.1, -0.05) is 12.1 Å². The lowest BCUT2D eigenvalue weighted by atomic mass is 10.0. The van der Waals surface area contributed by atoms with Crippen LogP contribution in [0.15, 0.2) is 42.5 Å². The number of ether oxygens (including phenoxy) is 3. The zero-order valence-corrected chi connectivity index (χ0v) is 14.9. The van der Waals surface area contributed by atoms with Gasteiger partial charge in [0.2, 0.25) is 12.7 Å². The van der Waals surface area contributed by atoms with Crippen LogP contribution in [0.2, 0.25) is 0 Å². The predicted octanol–water partition coefficient (Wildman–Crippen LogP) is 2.01. The average molecular weight is 386 g/mol. The summed E-state index contributed by atoms with van der Waals surface area (Å²) in [5.74, 6) is 0.427. The van der Waals surface area contributed by atoms with E-state index in [1.807, 2.05) is 0 Å². The molecular formula is C20H19FN2O5. The number of benzene rings is 2. The maximum absolute atomic E-state index is 12.9. The number of hydrogen-bond donors (Lipinski definition) is 2. The Kier molecular flexibility index (Phi) is 5.23. The molecule has 2 aromatic carbocycles. The molecule has 1 fully saturated rings. The molecule has 28 heavy (non-hydrogen) atoms. The first kappa shape index (κ1) is 18.4. The molecule has 0 aromatic heterocycles. The van der Waals surface area contributed by atoms with Crippen molar-refractivity contribution >= 4 is 17.4 Å². The molecular weight excluding hydrogens is 367 g/mol. The van der Waals surface area contributed by atoms with Gasteiger partial charge >= 0.3 is 0 Å². The minimum Gasteiger partial charge on any atom is -0.454 e. The van der Waals surface area contributed by atoms with E-state index in [2.05, 4.69) is 10.6 Å². The van der Waals surface area contributed by atoms with Crippen LogP contribution in [0.25, 0.3) is 0 Å². The summed E-state index contributed by atoms with van der Waals surface area (Å²) in [4.78, 5) is 24.8. The minimum absolute atomic E-state index is 0.0322. The van der Waals surface area contributed by atoms with Crippen LogP contribution in [0, 0.1) is 5.82 Å². The summed E-state index contributed by atoms with van der Waals surface area (Å²) in [6, 6.07) is 10.4. The van der Waals surface area contributed by atoms with E-state index in [0.717, 1.165) is 5.56 Å². The van der Waals surface area contributed by atoms with Gasteiger partial charge in [0.05, 0.1) is 12.6 Å². The molecule has 2 aromatic rings. The monoisotopic (exact) mass is 386 g/mol. The van der Waals surface area contributed by atoms with Crippen molar-refractivity contribution in [1.29, 1.82) is 0 Å². The second kappa shape index (κ2) is 7.95. The van der Waals surface area contributed by atoms with Gasteiger partial charge in [0.25, 0.3) is 0 Å². The fourth-order valence-electron chi connectivity index (χ4n) is 3.09. The summed E-state index contributed by atoms with van der Waals surface area (Å²) >= 11 is 0. The number of Topliss-reactive ketones (excluding diaryl/α,β-unsaturated/α-hetero) is 1. The number of halogens is 1. The van der Waals surface area contributed by atoms with E-state index < -0.39 is 12.1 Å². The fourth-order valence-corrected chi connectivity index (χ4v) is 3.09. The molecule has 4 rings (SSSR count). The van der Waals surface area contributed by atoms with E-state index >= 15 is 0 Å². The number of anilines is 1. The Bertz CT molecular complexity index is 887. The number of hydrogen-bond acceptors (Lipinski definition) is 6. The summed E-state index contributed by atoms with van der Waals surface area (Å²) in [5, 5.41) is 5.82. The number of rotatable bonds is 5. The Labute approximate surface area is 160 Å². The van der Waals surface area contributed by atoms with Crippen molar-refractivity contribution in [3.63, 3.8) is 0 Å². The van der Waals surface area contributed by atoms with Gasteiger partial charge in [0.15, 0.2) is 17.3 Å². The van der Waals surface area contributed by atoms with E-state index in [1.54, 1.807) is 30.3 Å². The topological polar surface area (TPSA) is 85.9 Å². The normalized spacial score (nSPS) is 20.8.